The van der Waals surface area contributed by atoms with Crippen molar-refractivity contribution in [3.05, 3.63) is 42.4 Å². The first-order chi connectivity index (χ1) is 19.6. The lowest BCUT2D eigenvalue weighted by molar-refractivity contribution is -0.199. The number of pyridine rings is 2. The Balaban J connectivity index is 1.43. The summed E-state index contributed by atoms with van der Waals surface area (Å²) in [5.41, 5.74) is 2.23. The number of rotatable bonds is 9. The minimum absolute atomic E-state index is 0.0128. The van der Waals surface area contributed by atoms with E-state index in [1.54, 1.807) is 23.4 Å². The van der Waals surface area contributed by atoms with E-state index in [2.05, 4.69) is 31.1 Å². The number of anilines is 1. The molecule has 41 heavy (non-hydrogen) atoms. The number of nitrogens with one attached hydrogen (secondary N) is 1. The Morgan fingerprint density at radius 3 is 2.54 bits per heavy atom. The SMILES string of the molecule is CC(C)CNC(=O)N1CCN(c2ccc(-c3cc(OCCCOC(=O)C(F)(F)F)cn4ncc(C#N)c34)cn2)CC1. The van der Waals surface area contributed by atoms with Crippen LogP contribution in [0.5, 0.6) is 5.75 Å². The van der Waals surface area contributed by atoms with Crippen LogP contribution in [0, 0.1) is 17.2 Å². The number of hydrogen-bond donors (Lipinski definition) is 1. The molecule has 0 unspecified atom stereocenters. The molecule has 0 spiro atoms. The summed E-state index contributed by atoms with van der Waals surface area (Å²) in [6.45, 7) is 6.67. The van der Waals surface area contributed by atoms with Crippen molar-refractivity contribution in [3.8, 4) is 22.9 Å². The van der Waals surface area contributed by atoms with Crippen LogP contribution in [0.2, 0.25) is 0 Å². The van der Waals surface area contributed by atoms with E-state index in [0.29, 0.717) is 66.6 Å². The summed E-state index contributed by atoms with van der Waals surface area (Å²) in [6, 6.07) is 7.49. The Hall–Kier alpha value is -4.54. The van der Waals surface area contributed by atoms with Crippen LogP contribution in [0.4, 0.5) is 23.8 Å². The molecule has 3 aromatic rings. The Bertz CT molecular complexity index is 1410. The number of nitrogens with zero attached hydrogens (tertiary/aromatic N) is 6. The summed E-state index contributed by atoms with van der Waals surface area (Å²) in [5.74, 6) is -0.756. The topological polar surface area (TPSA) is 125 Å². The van der Waals surface area contributed by atoms with E-state index in [-0.39, 0.29) is 19.1 Å². The number of fused-ring (bicyclic) bond motifs is 1. The van der Waals surface area contributed by atoms with Gasteiger partial charge in [-0.15, -0.1) is 0 Å². The van der Waals surface area contributed by atoms with E-state index in [1.807, 2.05) is 26.0 Å². The normalized spacial score (nSPS) is 13.8. The number of alkyl halides is 3. The van der Waals surface area contributed by atoms with Gasteiger partial charge in [-0.05, 0) is 24.1 Å². The van der Waals surface area contributed by atoms with Crippen molar-refractivity contribution in [1.29, 1.82) is 5.26 Å². The minimum Gasteiger partial charge on any atom is -0.492 e. The van der Waals surface area contributed by atoms with E-state index in [4.69, 9.17) is 4.74 Å². The van der Waals surface area contributed by atoms with Gasteiger partial charge in [0.2, 0.25) is 0 Å². The summed E-state index contributed by atoms with van der Waals surface area (Å²) < 4.78 is 48.2. The Labute approximate surface area is 234 Å². The summed E-state index contributed by atoms with van der Waals surface area (Å²) in [5, 5.41) is 16.8. The molecule has 1 fully saturated rings. The molecule has 0 aliphatic carbocycles. The van der Waals surface area contributed by atoms with Crippen LogP contribution < -0.4 is 15.0 Å². The average Bonchev–Trinajstić information content (AvgIpc) is 3.38. The van der Waals surface area contributed by atoms with Gasteiger partial charge in [-0.25, -0.2) is 19.1 Å². The maximum absolute atomic E-state index is 12.4. The lowest BCUT2D eigenvalue weighted by Crippen LogP contribution is -2.52. The third-order valence-corrected chi connectivity index (χ3v) is 6.34. The molecular weight excluding hydrogens is 543 g/mol. The molecule has 218 valence electrons. The van der Waals surface area contributed by atoms with Gasteiger partial charge in [0.05, 0.1) is 36.7 Å². The molecule has 0 radical (unpaired) electrons. The number of esters is 1. The molecular formula is C27H30F3N7O4. The van der Waals surface area contributed by atoms with Crippen LogP contribution in [0.25, 0.3) is 16.6 Å². The predicted octanol–water partition coefficient (Wildman–Crippen LogP) is 3.63. The molecule has 0 bridgehead atoms. The van der Waals surface area contributed by atoms with Gasteiger partial charge in [0.25, 0.3) is 0 Å². The molecule has 4 heterocycles. The first kappa shape index (κ1) is 29.4. The lowest BCUT2D eigenvalue weighted by Gasteiger charge is -2.35. The number of hydrogen-bond acceptors (Lipinski definition) is 8. The Morgan fingerprint density at radius 1 is 1.15 bits per heavy atom. The first-order valence-electron chi connectivity index (χ1n) is 13.1. The average molecular weight is 574 g/mol. The van der Waals surface area contributed by atoms with Crippen LogP contribution in [-0.2, 0) is 9.53 Å². The number of piperazine rings is 1. The molecule has 2 amide bonds. The second-order valence-electron chi connectivity index (χ2n) is 9.85. The number of ether oxygens (including phenoxy) is 2. The summed E-state index contributed by atoms with van der Waals surface area (Å²) in [7, 11) is 0. The molecule has 0 saturated carbocycles. The van der Waals surface area contributed by atoms with Gasteiger partial charge in [0.15, 0.2) is 0 Å². The highest BCUT2D eigenvalue weighted by molar-refractivity contribution is 5.85. The van der Waals surface area contributed by atoms with E-state index < -0.39 is 18.8 Å². The van der Waals surface area contributed by atoms with Crippen molar-refractivity contribution in [3.63, 3.8) is 0 Å². The van der Waals surface area contributed by atoms with Gasteiger partial charge in [-0.3, -0.25) is 0 Å². The number of carbonyl (C=O) groups excluding carboxylic acids is 2. The number of urea groups is 1. The highest BCUT2D eigenvalue weighted by atomic mass is 19.4. The maximum atomic E-state index is 12.4. The van der Waals surface area contributed by atoms with Crippen LogP contribution in [0.3, 0.4) is 0 Å². The standard InChI is InChI=1S/C27H30F3N7O4/c1-18(2)14-33-26(39)36-8-6-35(7-9-36)23-5-4-19(15-32-23)22-12-21(17-37-24(22)20(13-31)16-34-37)40-10-3-11-41-25(38)27(28,29)30/h4-5,12,15-18H,3,6-11,14H2,1-2H3,(H,33,39). The molecule has 14 heteroatoms. The molecule has 0 atom stereocenters. The van der Waals surface area contributed by atoms with E-state index in [9.17, 15) is 28.0 Å². The Kier molecular flexibility index (Phi) is 9.16. The lowest BCUT2D eigenvalue weighted by atomic mass is 10.1. The van der Waals surface area contributed by atoms with Crippen molar-refractivity contribution >= 4 is 23.3 Å². The van der Waals surface area contributed by atoms with Crippen molar-refractivity contribution in [2.24, 2.45) is 5.92 Å². The number of halogens is 3. The monoisotopic (exact) mass is 573 g/mol. The smallest absolute Gasteiger partial charge is 0.490 e. The van der Waals surface area contributed by atoms with E-state index in [1.165, 1.54) is 10.7 Å². The van der Waals surface area contributed by atoms with Crippen LogP contribution in [-0.4, -0.2) is 83.6 Å². The second kappa shape index (κ2) is 12.8. The van der Waals surface area contributed by atoms with Gasteiger partial charge in [-0.2, -0.15) is 23.5 Å². The number of nitriles is 1. The molecule has 1 saturated heterocycles. The number of aromatic nitrogens is 3. The van der Waals surface area contributed by atoms with Crippen LogP contribution >= 0.6 is 0 Å². The molecule has 1 N–H and O–H groups in total. The Morgan fingerprint density at radius 2 is 1.90 bits per heavy atom. The largest absolute Gasteiger partial charge is 0.492 e. The second-order valence-corrected chi connectivity index (χ2v) is 9.85. The van der Waals surface area contributed by atoms with E-state index in [0.717, 1.165) is 5.82 Å². The molecule has 3 aromatic heterocycles. The van der Waals surface area contributed by atoms with Crippen molar-refractivity contribution in [2.45, 2.75) is 26.4 Å². The predicted molar refractivity (Wildman–Crippen MR) is 142 cm³/mol. The van der Waals surface area contributed by atoms with Crippen molar-refractivity contribution in [1.82, 2.24) is 24.8 Å². The van der Waals surface area contributed by atoms with Crippen LogP contribution in [0.15, 0.2) is 36.8 Å². The van der Waals surface area contributed by atoms with E-state index >= 15 is 0 Å². The summed E-state index contributed by atoms with van der Waals surface area (Å²) in [4.78, 5) is 31.7. The van der Waals surface area contributed by atoms with Gasteiger partial charge >= 0.3 is 18.2 Å². The zero-order chi connectivity index (χ0) is 29.6. The van der Waals surface area contributed by atoms with Crippen molar-refractivity contribution < 1.29 is 32.2 Å². The zero-order valence-corrected chi connectivity index (χ0v) is 22.6. The van der Waals surface area contributed by atoms with Crippen LogP contribution in [0.1, 0.15) is 25.8 Å². The fourth-order valence-corrected chi connectivity index (χ4v) is 4.25. The zero-order valence-electron chi connectivity index (χ0n) is 22.6. The quantitative estimate of drug-likeness (QED) is 0.304. The van der Waals surface area contributed by atoms with Crippen molar-refractivity contribution in [2.75, 3.05) is 50.8 Å². The summed E-state index contributed by atoms with van der Waals surface area (Å²) >= 11 is 0. The third-order valence-electron chi connectivity index (χ3n) is 6.34. The van der Waals surface area contributed by atoms with Gasteiger partial charge in [0, 0.05) is 56.5 Å². The first-order valence-corrected chi connectivity index (χ1v) is 13.1. The fourth-order valence-electron chi connectivity index (χ4n) is 4.25. The molecule has 1 aliphatic heterocycles. The summed E-state index contributed by atoms with van der Waals surface area (Å²) in [6.07, 6.45) is -0.333. The minimum atomic E-state index is -5.04. The molecule has 4 rings (SSSR count). The highest BCUT2D eigenvalue weighted by Crippen LogP contribution is 2.31. The van der Waals surface area contributed by atoms with Gasteiger partial charge in [-0.1, -0.05) is 13.8 Å². The molecule has 1 aliphatic rings. The highest BCUT2D eigenvalue weighted by Gasteiger charge is 2.40. The molecule has 0 aromatic carbocycles. The molecule has 11 nitrogen and oxygen atoms in total. The number of carbonyl (C=O) groups is 2. The third kappa shape index (κ3) is 7.36. The number of amides is 2. The van der Waals surface area contributed by atoms with Gasteiger partial charge in [0.1, 0.15) is 17.6 Å². The fraction of sp³-hybridized carbons (Fsp3) is 0.444. The maximum Gasteiger partial charge on any atom is 0.490 e. The van der Waals surface area contributed by atoms with Gasteiger partial charge < -0.3 is 24.6 Å².